The van der Waals surface area contributed by atoms with E-state index in [9.17, 15) is 15.0 Å². The van der Waals surface area contributed by atoms with Crippen LogP contribution >= 0.6 is 0 Å². The molecule has 116 valence electrons. The molecule has 1 aliphatic heterocycles. The summed E-state index contributed by atoms with van der Waals surface area (Å²) in [6, 6.07) is 9.62. The first-order valence-electron chi connectivity index (χ1n) is 7.17. The Balaban J connectivity index is 2.14. The van der Waals surface area contributed by atoms with Crippen molar-refractivity contribution in [3.05, 3.63) is 35.9 Å². The van der Waals surface area contributed by atoms with E-state index in [0.717, 1.165) is 5.56 Å². The molecule has 2 rings (SSSR count). The standard InChI is InChI=1S/C16H23NO4/c1-16(2,3)21-15(20)17-9-12(13(10-17)14(18)19)11-7-5-4-6-8-11/h4-8,12-14,18-19H,9-10H2,1-3H3. The number of amides is 1. The molecule has 1 aromatic rings. The lowest BCUT2D eigenvalue weighted by atomic mass is 9.88. The van der Waals surface area contributed by atoms with Crippen LogP contribution in [0.1, 0.15) is 32.3 Å². The van der Waals surface area contributed by atoms with Crippen molar-refractivity contribution in [2.24, 2.45) is 5.92 Å². The molecule has 1 amide bonds. The summed E-state index contributed by atoms with van der Waals surface area (Å²) in [6.07, 6.45) is -1.87. The Bertz CT molecular complexity index is 481. The highest BCUT2D eigenvalue weighted by atomic mass is 16.6. The molecular weight excluding hydrogens is 270 g/mol. The summed E-state index contributed by atoms with van der Waals surface area (Å²) in [5.74, 6) is -0.501. The van der Waals surface area contributed by atoms with Gasteiger partial charge in [-0.3, -0.25) is 0 Å². The van der Waals surface area contributed by atoms with Gasteiger partial charge in [-0.1, -0.05) is 30.3 Å². The van der Waals surface area contributed by atoms with Crippen molar-refractivity contribution in [3.63, 3.8) is 0 Å². The van der Waals surface area contributed by atoms with E-state index in [1.165, 1.54) is 0 Å². The molecule has 1 aliphatic rings. The van der Waals surface area contributed by atoms with Crippen LogP contribution in [0.3, 0.4) is 0 Å². The van der Waals surface area contributed by atoms with E-state index in [1.807, 2.05) is 51.1 Å². The second-order valence-corrected chi connectivity index (χ2v) is 6.48. The van der Waals surface area contributed by atoms with Crippen LogP contribution < -0.4 is 0 Å². The fourth-order valence-electron chi connectivity index (χ4n) is 2.66. The van der Waals surface area contributed by atoms with Crippen molar-refractivity contribution in [1.82, 2.24) is 4.90 Å². The molecule has 1 saturated heterocycles. The molecule has 1 fully saturated rings. The van der Waals surface area contributed by atoms with Gasteiger partial charge in [-0.2, -0.15) is 0 Å². The fraction of sp³-hybridized carbons (Fsp3) is 0.562. The zero-order chi connectivity index (χ0) is 15.6. The Hall–Kier alpha value is -1.59. The number of nitrogens with zero attached hydrogens (tertiary/aromatic N) is 1. The third-order valence-electron chi connectivity index (χ3n) is 3.63. The predicted octanol–water partition coefficient (Wildman–Crippen LogP) is 1.95. The van der Waals surface area contributed by atoms with Gasteiger partial charge in [-0.25, -0.2) is 4.79 Å². The number of carbonyl (C=O) groups is 1. The molecule has 0 aliphatic carbocycles. The van der Waals surface area contributed by atoms with Crippen LogP contribution in [0.2, 0.25) is 0 Å². The number of likely N-dealkylation sites (tertiary alicyclic amines) is 1. The number of hydrogen-bond donors (Lipinski definition) is 2. The molecule has 5 nitrogen and oxygen atoms in total. The molecule has 1 aromatic carbocycles. The summed E-state index contributed by atoms with van der Waals surface area (Å²) in [7, 11) is 0. The van der Waals surface area contributed by atoms with Crippen molar-refractivity contribution in [1.29, 1.82) is 0 Å². The first-order chi connectivity index (χ1) is 9.78. The number of benzene rings is 1. The number of aliphatic hydroxyl groups excluding tert-OH is 1. The van der Waals surface area contributed by atoms with Crippen LogP contribution in [0, 0.1) is 5.92 Å². The Morgan fingerprint density at radius 2 is 1.86 bits per heavy atom. The lowest BCUT2D eigenvalue weighted by molar-refractivity contribution is -0.0840. The van der Waals surface area contributed by atoms with Gasteiger partial charge in [0.15, 0.2) is 6.29 Å². The maximum absolute atomic E-state index is 12.1. The number of ether oxygens (including phenoxy) is 1. The van der Waals surface area contributed by atoms with Gasteiger partial charge in [0.1, 0.15) is 5.60 Å². The van der Waals surface area contributed by atoms with Crippen molar-refractivity contribution in [2.45, 2.75) is 38.6 Å². The van der Waals surface area contributed by atoms with E-state index in [4.69, 9.17) is 4.74 Å². The van der Waals surface area contributed by atoms with E-state index >= 15 is 0 Å². The lowest BCUT2D eigenvalue weighted by Gasteiger charge is -2.24. The Morgan fingerprint density at radius 3 is 2.38 bits per heavy atom. The van der Waals surface area contributed by atoms with Crippen molar-refractivity contribution in [3.8, 4) is 0 Å². The van der Waals surface area contributed by atoms with Crippen molar-refractivity contribution >= 4 is 6.09 Å². The predicted molar refractivity (Wildman–Crippen MR) is 78.7 cm³/mol. The first-order valence-corrected chi connectivity index (χ1v) is 7.17. The zero-order valence-electron chi connectivity index (χ0n) is 12.7. The second-order valence-electron chi connectivity index (χ2n) is 6.48. The minimum atomic E-state index is -1.46. The molecule has 0 bridgehead atoms. The monoisotopic (exact) mass is 293 g/mol. The van der Waals surface area contributed by atoms with Gasteiger partial charge in [-0.05, 0) is 26.3 Å². The summed E-state index contributed by atoms with van der Waals surface area (Å²) in [6.45, 7) is 6.16. The smallest absolute Gasteiger partial charge is 0.410 e. The number of aliphatic hydroxyl groups is 2. The van der Waals surface area contributed by atoms with Crippen molar-refractivity contribution < 1.29 is 19.7 Å². The maximum Gasteiger partial charge on any atom is 0.410 e. The largest absolute Gasteiger partial charge is 0.444 e. The van der Waals surface area contributed by atoms with Gasteiger partial charge >= 0.3 is 6.09 Å². The van der Waals surface area contributed by atoms with E-state index in [-0.39, 0.29) is 12.5 Å². The first kappa shape index (κ1) is 15.8. The average Bonchev–Trinajstić information content (AvgIpc) is 2.83. The minimum absolute atomic E-state index is 0.0984. The molecule has 0 aromatic heterocycles. The molecule has 2 atom stereocenters. The summed E-state index contributed by atoms with van der Waals surface area (Å²) < 4.78 is 5.36. The second kappa shape index (κ2) is 6.03. The SMILES string of the molecule is CC(C)(C)OC(=O)N1CC(c2ccccc2)C(C(O)O)C1. The van der Waals surface area contributed by atoms with Crippen LogP contribution in [0.5, 0.6) is 0 Å². The Labute approximate surface area is 125 Å². The Morgan fingerprint density at radius 1 is 1.24 bits per heavy atom. The average molecular weight is 293 g/mol. The number of hydrogen-bond acceptors (Lipinski definition) is 4. The molecule has 0 spiro atoms. The summed E-state index contributed by atoms with van der Waals surface area (Å²) in [5.41, 5.74) is 0.441. The normalized spacial score (nSPS) is 22.7. The van der Waals surface area contributed by atoms with Crippen molar-refractivity contribution in [2.75, 3.05) is 13.1 Å². The van der Waals surface area contributed by atoms with Crippen LogP contribution in [-0.4, -0.2) is 46.2 Å². The summed E-state index contributed by atoms with van der Waals surface area (Å²) >= 11 is 0. The third kappa shape index (κ3) is 3.95. The van der Waals surface area contributed by atoms with Crippen LogP contribution in [0.25, 0.3) is 0 Å². The lowest BCUT2D eigenvalue weighted by Crippen LogP contribution is -2.36. The van der Waals surface area contributed by atoms with Gasteiger partial charge in [0, 0.05) is 24.9 Å². The summed E-state index contributed by atoms with van der Waals surface area (Å²) in [4.78, 5) is 13.7. The van der Waals surface area contributed by atoms with Gasteiger partial charge < -0.3 is 19.8 Å². The zero-order valence-corrected chi connectivity index (χ0v) is 12.7. The van der Waals surface area contributed by atoms with Gasteiger partial charge in [0.05, 0.1) is 0 Å². The summed E-state index contributed by atoms with van der Waals surface area (Å²) in [5, 5.41) is 19.2. The number of carbonyl (C=O) groups excluding carboxylic acids is 1. The van der Waals surface area contributed by atoms with Gasteiger partial charge in [0.25, 0.3) is 0 Å². The number of rotatable bonds is 2. The molecule has 2 unspecified atom stereocenters. The molecule has 1 heterocycles. The molecular formula is C16H23NO4. The van der Waals surface area contributed by atoms with Gasteiger partial charge in [-0.15, -0.1) is 0 Å². The van der Waals surface area contributed by atoms with Crippen LogP contribution in [0.15, 0.2) is 30.3 Å². The highest BCUT2D eigenvalue weighted by Gasteiger charge is 2.40. The molecule has 0 saturated carbocycles. The van der Waals surface area contributed by atoms with E-state index in [1.54, 1.807) is 4.90 Å². The molecule has 0 radical (unpaired) electrons. The Kier molecular flexibility index (Phi) is 4.54. The maximum atomic E-state index is 12.1. The van der Waals surface area contributed by atoms with Crippen LogP contribution in [-0.2, 0) is 4.74 Å². The molecule has 21 heavy (non-hydrogen) atoms. The van der Waals surface area contributed by atoms with E-state index in [0.29, 0.717) is 6.54 Å². The third-order valence-corrected chi connectivity index (χ3v) is 3.63. The molecule has 5 heteroatoms. The van der Waals surface area contributed by atoms with Gasteiger partial charge in [0.2, 0.25) is 0 Å². The minimum Gasteiger partial charge on any atom is -0.444 e. The highest BCUT2D eigenvalue weighted by molar-refractivity contribution is 5.68. The quantitative estimate of drug-likeness (QED) is 0.818. The van der Waals surface area contributed by atoms with Crippen LogP contribution in [0.4, 0.5) is 4.79 Å². The van der Waals surface area contributed by atoms with E-state index in [2.05, 4.69) is 0 Å². The topological polar surface area (TPSA) is 70.0 Å². The fourth-order valence-corrected chi connectivity index (χ4v) is 2.66. The highest BCUT2D eigenvalue weighted by Crippen LogP contribution is 2.34. The van der Waals surface area contributed by atoms with E-state index < -0.39 is 23.9 Å². The molecule has 2 N–H and O–H groups in total.